The number of hydrogen-bond acceptors (Lipinski definition) is 5. The van der Waals surface area contributed by atoms with Crippen LogP contribution < -0.4 is 5.73 Å². The van der Waals surface area contributed by atoms with E-state index >= 15 is 0 Å². The van der Waals surface area contributed by atoms with E-state index in [-0.39, 0.29) is 12.0 Å². The zero-order chi connectivity index (χ0) is 19.7. The van der Waals surface area contributed by atoms with Crippen LogP contribution in [-0.4, -0.2) is 46.6 Å². The molecule has 1 aromatic carbocycles. The summed E-state index contributed by atoms with van der Waals surface area (Å²) in [6.07, 6.45) is 5.97. The summed E-state index contributed by atoms with van der Waals surface area (Å²) in [4.78, 5) is 8.64. The van der Waals surface area contributed by atoms with Crippen molar-refractivity contribution in [2.45, 2.75) is 38.1 Å². The fourth-order valence-electron chi connectivity index (χ4n) is 4.06. The second kappa shape index (κ2) is 7.94. The number of halogens is 1. The van der Waals surface area contributed by atoms with Crippen LogP contribution in [0.3, 0.4) is 0 Å². The van der Waals surface area contributed by atoms with Crippen molar-refractivity contribution < 1.29 is 8.42 Å². The van der Waals surface area contributed by atoms with Crippen molar-refractivity contribution in [2.24, 2.45) is 0 Å². The van der Waals surface area contributed by atoms with Gasteiger partial charge in [0, 0.05) is 36.4 Å². The van der Waals surface area contributed by atoms with Gasteiger partial charge in [-0.3, -0.25) is 0 Å². The van der Waals surface area contributed by atoms with Gasteiger partial charge in [0.25, 0.3) is 10.2 Å². The van der Waals surface area contributed by atoms with Gasteiger partial charge >= 0.3 is 0 Å². The highest BCUT2D eigenvalue weighted by Gasteiger charge is 2.39. The first-order valence-corrected chi connectivity index (χ1v) is 11.4. The van der Waals surface area contributed by atoms with Crippen molar-refractivity contribution in [3.8, 4) is 11.1 Å². The van der Waals surface area contributed by atoms with Crippen LogP contribution in [0.1, 0.15) is 43.8 Å². The quantitative estimate of drug-likeness (QED) is 0.817. The molecular formula is C19H24ClN5O2S. The first-order chi connectivity index (χ1) is 13.5. The Kier molecular flexibility index (Phi) is 5.55. The number of benzene rings is 1. The van der Waals surface area contributed by atoms with Crippen molar-refractivity contribution >= 4 is 27.8 Å². The minimum Gasteiger partial charge on any atom is -0.368 e. The first kappa shape index (κ1) is 19.6. The molecule has 3 heterocycles. The molecule has 2 fully saturated rings. The van der Waals surface area contributed by atoms with Gasteiger partial charge in [-0.05, 0) is 43.4 Å². The zero-order valence-electron chi connectivity index (χ0n) is 15.6. The Hall–Kier alpha value is -1.74. The molecule has 2 aromatic rings. The molecule has 0 radical (unpaired) electrons. The fourth-order valence-corrected chi connectivity index (χ4v) is 6.16. The molecule has 7 nitrogen and oxygen atoms in total. The second-order valence-electron chi connectivity index (χ2n) is 7.27. The lowest BCUT2D eigenvalue weighted by molar-refractivity contribution is 0.235. The van der Waals surface area contributed by atoms with Crippen LogP contribution in [0.5, 0.6) is 0 Å². The van der Waals surface area contributed by atoms with Crippen molar-refractivity contribution in [2.75, 3.05) is 25.4 Å². The zero-order valence-corrected chi connectivity index (χ0v) is 17.2. The normalized spacial score (nSPS) is 21.8. The Bertz CT molecular complexity index is 963. The molecule has 2 saturated heterocycles. The molecule has 9 heteroatoms. The first-order valence-electron chi connectivity index (χ1n) is 9.62. The molecule has 0 amide bonds. The van der Waals surface area contributed by atoms with Crippen molar-refractivity contribution in [1.82, 2.24) is 18.6 Å². The van der Waals surface area contributed by atoms with E-state index < -0.39 is 10.2 Å². The number of nitrogens with zero attached hydrogens (tertiary/aromatic N) is 4. The summed E-state index contributed by atoms with van der Waals surface area (Å²) in [5.41, 5.74) is 8.16. The summed E-state index contributed by atoms with van der Waals surface area (Å²) in [7, 11) is -3.54. The van der Waals surface area contributed by atoms with Gasteiger partial charge in [-0.15, -0.1) is 0 Å². The van der Waals surface area contributed by atoms with E-state index in [1.807, 2.05) is 18.2 Å². The Morgan fingerprint density at radius 1 is 1.11 bits per heavy atom. The van der Waals surface area contributed by atoms with Crippen LogP contribution >= 0.6 is 11.6 Å². The number of piperidine rings is 1. The van der Waals surface area contributed by atoms with E-state index in [1.165, 1.54) is 0 Å². The number of hydrogen-bond donors (Lipinski definition) is 1. The largest absolute Gasteiger partial charge is 0.368 e. The molecule has 28 heavy (non-hydrogen) atoms. The molecule has 2 aliphatic rings. The van der Waals surface area contributed by atoms with E-state index in [1.54, 1.807) is 20.9 Å². The summed E-state index contributed by atoms with van der Waals surface area (Å²) in [5, 5.41) is 0.602. The summed E-state index contributed by atoms with van der Waals surface area (Å²) < 4.78 is 29.8. The fraction of sp³-hybridized carbons (Fsp3) is 0.474. The standard InChI is InChI=1S/C19H24ClN5O2S/c20-15-7-5-6-14(12-15)16-13-22-19(21)23-18(16)17-8-1-2-11-25(17)28(26,27)24-9-3-4-10-24/h5-7,12-13,17H,1-4,8-11H2,(H2,21,22,23). The Morgan fingerprint density at radius 3 is 2.61 bits per heavy atom. The van der Waals surface area contributed by atoms with Gasteiger partial charge in [-0.2, -0.15) is 17.0 Å². The van der Waals surface area contributed by atoms with Crippen LogP contribution in [0.4, 0.5) is 5.95 Å². The monoisotopic (exact) mass is 421 g/mol. The lowest BCUT2D eigenvalue weighted by Gasteiger charge is -2.37. The third-order valence-electron chi connectivity index (χ3n) is 5.43. The van der Waals surface area contributed by atoms with Crippen molar-refractivity contribution in [3.05, 3.63) is 41.2 Å². The van der Waals surface area contributed by atoms with Crippen molar-refractivity contribution in [3.63, 3.8) is 0 Å². The SMILES string of the molecule is Nc1ncc(-c2cccc(Cl)c2)c(C2CCCCN2S(=O)(=O)N2CCCC2)n1. The molecule has 150 valence electrons. The maximum absolute atomic E-state index is 13.3. The lowest BCUT2D eigenvalue weighted by Crippen LogP contribution is -2.46. The number of nitrogen functional groups attached to an aromatic ring is 1. The molecule has 1 atom stereocenters. The van der Waals surface area contributed by atoms with Crippen LogP contribution in [0.15, 0.2) is 30.5 Å². The van der Waals surface area contributed by atoms with Crippen molar-refractivity contribution in [1.29, 1.82) is 0 Å². The van der Waals surface area contributed by atoms with E-state index in [2.05, 4.69) is 9.97 Å². The Labute approximate surface area is 170 Å². The number of aromatic nitrogens is 2. The highest BCUT2D eigenvalue weighted by atomic mass is 35.5. The molecule has 0 spiro atoms. The second-order valence-corrected chi connectivity index (χ2v) is 9.59. The average molecular weight is 422 g/mol. The summed E-state index contributed by atoms with van der Waals surface area (Å²) in [6, 6.07) is 7.05. The summed E-state index contributed by atoms with van der Waals surface area (Å²) >= 11 is 6.17. The number of nitrogens with two attached hydrogens (primary N) is 1. The lowest BCUT2D eigenvalue weighted by atomic mass is 9.95. The minimum absolute atomic E-state index is 0.143. The van der Waals surface area contributed by atoms with Gasteiger partial charge in [0.05, 0.1) is 11.7 Å². The third-order valence-corrected chi connectivity index (χ3v) is 7.71. The van der Waals surface area contributed by atoms with E-state index in [0.29, 0.717) is 36.8 Å². The molecule has 0 saturated carbocycles. The molecule has 2 N–H and O–H groups in total. The molecule has 0 bridgehead atoms. The maximum Gasteiger partial charge on any atom is 0.282 e. The predicted molar refractivity (Wildman–Crippen MR) is 110 cm³/mol. The predicted octanol–water partition coefficient (Wildman–Crippen LogP) is 3.25. The maximum atomic E-state index is 13.3. The van der Waals surface area contributed by atoms with Crippen LogP contribution in [0.25, 0.3) is 11.1 Å². The topological polar surface area (TPSA) is 92.4 Å². The molecular weight excluding hydrogens is 398 g/mol. The minimum atomic E-state index is -3.54. The number of rotatable bonds is 4. The van der Waals surface area contributed by atoms with Gasteiger partial charge in [0.2, 0.25) is 5.95 Å². The summed E-state index contributed by atoms with van der Waals surface area (Å²) in [5.74, 6) is 0.143. The van der Waals surface area contributed by atoms with Gasteiger partial charge in [0.1, 0.15) is 0 Å². The average Bonchev–Trinajstić information content (AvgIpc) is 3.24. The van der Waals surface area contributed by atoms with E-state index in [0.717, 1.165) is 36.8 Å². The van der Waals surface area contributed by atoms with Gasteiger partial charge < -0.3 is 5.73 Å². The van der Waals surface area contributed by atoms with Crippen LogP contribution in [0.2, 0.25) is 5.02 Å². The van der Waals surface area contributed by atoms with Gasteiger partial charge in [-0.1, -0.05) is 30.2 Å². The van der Waals surface area contributed by atoms with Gasteiger partial charge in [0.15, 0.2) is 0 Å². The van der Waals surface area contributed by atoms with E-state index in [4.69, 9.17) is 17.3 Å². The summed E-state index contributed by atoms with van der Waals surface area (Å²) in [6.45, 7) is 1.65. The molecule has 1 aromatic heterocycles. The molecule has 0 aliphatic carbocycles. The Balaban J connectivity index is 1.79. The highest BCUT2D eigenvalue weighted by Crippen LogP contribution is 2.39. The number of anilines is 1. The van der Waals surface area contributed by atoms with Crippen LogP contribution in [0, 0.1) is 0 Å². The Morgan fingerprint density at radius 2 is 1.86 bits per heavy atom. The third kappa shape index (κ3) is 3.74. The highest BCUT2D eigenvalue weighted by molar-refractivity contribution is 7.86. The van der Waals surface area contributed by atoms with Gasteiger partial charge in [-0.25, -0.2) is 9.97 Å². The van der Waals surface area contributed by atoms with Crippen LogP contribution in [-0.2, 0) is 10.2 Å². The smallest absolute Gasteiger partial charge is 0.282 e. The molecule has 2 aliphatic heterocycles. The van der Waals surface area contributed by atoms with E-state index in [9.17, 15) is 8.42 Å². The molecule has 1 unspecified atom stereocenters. The molecule has 4 rings (SSSR count).